The first-order chi connectivity index (χ1) is 14.2. The summed E-state index contributed by atoms with van der Waals surface area (Å²) < 4.78 is 5.43. The van der Waals surface area contributed by atoms with Gasteiger partial charge >= 0.3 is 0 Å². The highest BCUT2D eigenvalue weighted by Gasteiger charge is 2.29. The number of furan rings is 1. The topological polar surface area (TPSA) is 79.0 Å². The van der Waals surface area contributed by atoms with Crippen molar-refractivity contribution in [3.63, 3.8) is 0 Å². The van der Waals surface area contributed by atoms with E-state index in [1.54, 1.807) is 41.8 Å². The van der Waals surface area contributed by atoms with Crippen LogP contribution < -0.4 is 5.01 Å². The van der Waals surface area contributed by atoms with Gasteiger partial charge in [0.05, 0.1) is 18.5 Å². The van der Waals surface area contributed by atoms with Gasteiger partial charge < -0.3 is 9.32 Å². The number of rotatable bonds is 6. The lowest BCUT2D eigenvalue weighted by molar-refractivity contribution is -0.125. The molecule has 3 heterocycles. The van der Waals surface area contributed by atoms with E-state index in [9.17, 15) is 9.59 Å². The summed E-state index contributed by atoms with van der Waals surface area (Å²) in [5.41, 5.74) is 1.90. The number of carbonyl (C=O) groups is 2. The first-order valence-corrected chi connectivity index (χ1v) is 9.37. The number of para-hydroxylation sites is 1. The lowest BCUT2D eigenvalue weighted by Crippen LogP contribution is -2.41. The van der Waals surface area contributed by atoms with Crippen molar-refractivity contribution < 1.29 is 14.0 Å². The second-order valence-corrected chi connectivity index (χ2v) is 6.69. The van der Waals surface area contributed by atoms with E-state index >= 15 is 0 Å². The van der Waals surface area contributed by atoms with Crippen LogP contribution in [0.1, 0.15) is 24.2 Å². The molecule has 4 rings (SSSR count). The Balaban J connectivity index is 1.61. The molecule has 1 aliphatic heterocycles. The molecule has 0 N–H and O–H groups in total. The average molecular weight is 388 g/mol. The molecule has 0 aliphatic carbocycles. The van der Waals surface area contributed by atoms with Gasteiger partial charge in [0.2, 0.25) is 5.91 Å². The van der Waals surface area contributed by atoms with Crippen molar-refractivity contribution in [1.29, 1.82) is 0 Å². The van der Waals surface area contributed by atoms with Crippen LogP contribution in [0.3, 0.4) is 0 Å². The standard InChI is InChI=1S/C22H20N4O3/c27-21-11-10-20(24-26(21)18-7-2-1-3-8-18)22(28)25(16-19-9-5-13-29-19)15-17-6-4-12-23-14-17/h1-9,12-14H,10-11,15-16H2. The van der Waals surface area contributed by atoms with Gasteiger partial charge in [0, 0.05) is 31.8 Å². The first kappa shape index (κ1) is 18.6. The maximum absolute atomic E-state index is 13.3. The van der Waals surface area contributed by atoms with Crippen molar-refractivity contribution in [2.45, 2.75) is 25.9 Å². The Bertz CT molecular complexity index is 1000. The number of benzene rings is 1. The van der Waals surface area contributed by atoms with E-state index in [0.29, 0.717) is 36.7 Å². The van der Waals surface area contributed by atoms with Crippen molar-refractivity contribution in [2.24, 2.45) is 5.10 Å². The first-order valence-electron chi connectivity index (χ1n) is 9.37. The van der Waals surface area contributed by atoms with E-state index in [-0.39, 0.29) is 18.2 Å². The van der Waals surface area contributed by atoms with Crippen LogP contribution in [0.15, 0.2) is 82.8 Å². The van der Waals surface area contributed by atoms with Gasteiger partial charge in [-0.1, -0.05) is 24.3 Å². The van der Waals surface area contributed by atoms with Crippen LogP contribution in [0.4, 0.5) is 5.69 Å². The summed E-state index contributed by atoms with van der Waals surface area (Å²) >= 11 is 0. The molecular weight excluding hydrogens is 368 g/mol. The zero-order valence-electron chi connectivity index (χ0n) is 15.8. The second-order valence-electron chi connectivity index (χ2n) is 6.69. The largest absolute Gasteiger partial charge is 0.467 e. The minimum Gasteiger partial charge on any atom is -0.467 e. The molecule has 0 unspecified atom stereocenters. The molecule has 7 nitrogen and oxygen atoms in total. The maximum Gasteiger partial charge on any atom is 0.270 e. The van der Waals surface area contributed by atoms with E-state index < -0.39 is 0 Å². The fourth-order valence-corrected chi connectivity index (χ4v) is 3.16. The highest BCUT2D eigenvalue weighted by atomic mass is 16.3. The van der Waals surface area contributed by atoms with Gasteiger partial charge in [-0.2, -0.15) is 5.10 Å². The van der Waals surface area contributed by atoms with Crippen LogP contribution in [0.25, 0.3) is 0 Å². The summed E-state index contributed by atoms with van der Waals surface area (Å²) in [4.78, 5) is 31.4. The molecule has 29 heavy (non-hydrogen) atoms. The Hall–Kier alpha value is -3.74. The number of pyridine rings is 1. The molecule has 0 saturated carbocycles. The van der Waals surface area contributed by atoms with Gasteiger partial charge in [-0.15, -0.1) is 0 Å². The summed E-state index contributed by atoms with van der Waals surface area (Å²) in [5, 5.41) is 5.70. The van der Waals surface area contributed by atoms with Gasteiger partial charge in [0.1, 0.15) is 11.5 Å². The number of hydrogen-bond acceptors (Lipinski definition) is 5. The molecule has 146 valence electrons. The van der Waals surface area contributed by atoms with Gasteiger partial charge in [-0.3, -0.25) is 14.6 Å². The van der Waals surface area contributed by atoms with Gasteiger partial charge in [0.25, 0.3) is 5.91 Å². The Kier molecular flexibility index (Phi) is 5.47. The maximum atomic E-state index is 13.3. The van der Waals surface area contributed by atoms with Crippen molar-refractivity contribution in [1.82, 2.24) is 9.88 Å². The number of aromatic nitrogens is 1. The normalized spacial score (nSPS) is 13.9. The van der Waals surface area contributed by atoms with Crippen molar-refractivity contribution in [3.05, 3.63) is 84.6 Å². The molecular formula is C22H20N4O3. The summed E-state index contributed by atoms with van der Waals surface area (Å²) in [5.74, 6) is 0.325. The van der Waals surface area contributed by atoms with E-state index in [0.717, 1.165) is 5.56 Å². The Labute approximate surface area is 168 Å². The number of hydrogen-bond donors (Lipinski definition) is 0. The van der Waals surface area contributed by atoms with Crippen LogP contribution in [0.5, 0.6) is 0 Å². The third kappa shape index (κ3) is 4.40. The molecule has 2 aromatic heterocycles. The summed E-state index contributed by atoms with van der Waals surface area (Å²) in [6, 6.07) is 16.5. The van der Waals surface area contributed by atoms with Crippen molar-refractivity contribution >= 4 is 23.2 Å². The SMILES string of the molecule is O=C(C1=NN(c2ccccc2)C(=O)CC1)N(Cc1cccnc1)Cc1ccco1. The Morgan fingerprint density at radius 3 is 2.62 bits per heavy atom. The monoisotopic (exact) mass is 388 g/mol. The highest BCUT2D eigenvalue weighted by Crippen LogP contribution is 2.21. The fraction of sp³-hybridized carbons (Fsp3) is 0.182. The zero-order chi connectivity index (χ0) is 20.1. The van der Waals surface area contributed by atoms with Crippen molar-refractivity contribution in [2.75, 3.05) is 5.01 Å². The fourth-order valence-electron chi connectivity index (χ4n) is 3.16. The molecule has 0 spiro atoms. The third-order valence-corrected chi connectivity index (χ3v) is 4.59. The van der Waals surface area contributed by atoms with Crippen LogP contribution in [-0.4, -0.2) is 27.4 Å². The molecule has 0 radical (unpaired) electrons. The second kappa shape index (κ2) is 8.52. The molecule has 1 aromatic carbocycles. The predicted molar refractivity (Wildman–Crippen MR) is 108 cm³/mol. The van der Waals surface area contributed by atoms with Crippen molar-refractivity contribution in [3.8, 4) is 0 Å². The lowest BCUT2D eigenvalue weighted by atomic mass is 10.1. The third-order valence-electron chi connectivity index (χ3n) is 4.59. The average Bonchev–Trinajstić information content (AvgIpc) is 3.28. The zero-order valence-corrected chi connectivity index (χ0v) is 15.8. The number of amides is 2. The Morgan fingerprint density at radius 2 is 1.90 bits per heavy atom. The lowest BCUT2D eigenvalue weighted by Gasteiger charge is -2.27. The van der Waals surface area contributed by atoms with Crippen LogP contribution >= 0.6 is 0 Å². The van der Waals surface area contributed by atoms with E-state index in [1.807, 2.05) is 36.4 Å². The van der Waals surface area contributed by atoms with Crippen LogP contribution in [-0.2, 0) is 22.7 Å². The van der Waals surface area contributed by atoms with Gasteiger partial charge in [0.15, 0.2) is 0 Å². The number of hydrazone groups is 1. The quantitative estimate of drug-likeness (QED) is 0.648. The molecule has 0 fully saturated rings. The minimum absolute atomic E-state index is 0.127. The Morgan fingerprint density at radius 1 is 1.03 bits per heavy atom. The predicted octanol–water partition coefficient (Wildman–Crippen LogP) is 3.39. The smallest absolute Gasteiger partial charge is 0.270 e. The van der Waals surface area contributed by atoms with E-state index in [2.05, 4.69) is 10.1 Å². The highest BCUT2D eigenvalue weighted by molar-refractivity contribution is 6.40. The number of anilines is 1. The molecule has 7 heteroatoms. The molecule has 0 bridgehead atoms. The van der Waals surface area contributed by atoms with E-state index in [1.165, 1.54) is 5.01 Å². The van der Waals surface area contributed by atoms with Gasteiger partial charge in [-0.05, 0) is 35.9 Å². The molecule has 2 amide bonds. The molecule has 0 saturated heterocycles. The molecule has 1 aliphatic rings. The van der Waals surface area contributed by atoms with Crippen LogP contribution in [0, 0.1) is 0 Å². The summed E-state index contributed by atoms with van der Waals surface area (Å²) in [6.07, 6.45) is 5.54. The number of nitrogens with zero attached hydrogens (tertiary/aromatic N) is 4. The summed E-state index contributed by atoms with van der Waals surface area (Å²) in [7, 11) is 0. The van der Waals surface area contributed by atoms with Crippen LogP contribution in [0.2, 0.25) is 0 Å². The van der Waals surface area contributed by atoms with Gasteiger partial charge in [-0.25, -0.2) is 5.01 Å². The summed E-state index contributed by atoms with van der Waals surface area (Å²) in [6.45, 7) is 0.671. The minimum atomic E-state index is -0.223. The molecule has 3 aromatic rings. The number of carbonyl (C=O) groups excluding carboxylic acids is 2. The molecule has 0 atom stereocenters. The van der Waals surface area contributed by atoms with E-state index in [4.69, 9.17) is 4.42 Å².